The van der Waals surface area contributed by atoms with E-state index in [-0.39, 0.29) is 88.0 Å². The Kier molecular flexibility index (Phi) is 20.5. The Balaban J connectivity index is 0.883. The molecule has 1 aromatic heterocycles. The van der Waals surface area contributed by atoms with Gasteiger partial charge in [-0.25, -0.2) is 14.4 Å². The molecule has 3 heterocycles. The number of aromatic nitrogens is 1. The molecular weight excluding hydrogens is 1090 g/mol. The molecule has 11 amide bonds. The van der Waals surface area contributed by atoms with Crippen LogP contribution in [0.1, 0.15) is 88.8 Å². The molecule has 83 heavy (non-hydrogen) atoms. The third-order valence-corrected chi connectivity index (χ3v) is 15.2. The lowest BCUT2D eigenvalue weighted by atomic mass is 9.92. The highest BCUT2D eigenvalue weighted by Crippen LogP contribution is 2.49. The van der Waals surface area contributed by atoms with Crippen molar-refractivity contribution in [3.8, 4) is 5.75 Å². The summed E-state index contributed by atoms with van der Waals surface area (Å²) in [5.41, 5.74) is 14.3. The number of anilines is 2. The van der Waals surface area contributed by atoms with Crippen LogP contribution in [0.2, 0.25) is 0 Å². The van der Waals surface area contributed by atoms with E-state index in [4.69, 9.17) is 27.8 Å². The van der Waals surface area contributed by atoms with Gasteiger partial charge in [0.15, 0.2) is 5.78 Å². The number of hydrogen-bond acceptors (Lipinski definition) is 13. The number of nitrogens with one attached hydrogen (secondary N) is 8. The number of aromatic amines is 1. The lowest BCUT2D eigenvalue weighted by Crippen LogP contribution is -2.52. The molecule has 4 aromatic carbocycles. The summed E-state index contributed by atoms with van der Waals surface area (Å²) >= 11 is 6.59. The molecule has 0 radical (unpaired) electrons. The number of nitrogens with two attached hydrogens (primary N) is 2. The molecule has 5 aromatic rings. The molecule has 12 N–H and O–H groups in total. The number of carbonyl (C=O) groups excluding carboxylic acids is 10. The number of ketones is 1. The monoisotopic (exact) mass is 1160 g/mol. The molecular formula is C58H68ClN13O11. The van der Waals surface area contributed by atoms with Gasteiger partial charge in [-0.05, 0) is 123 Å². The maximum Gasteiger partial charge on any atom is 0.415 e. The van der Waals surface area contributed by atoms with Crippen LogP contribution in [0, 0.1) is 0 Å². The minimum absolute atomic E-state index is 0.0470. The van der Waals surface area contributed by atoms with E-state index in [1.165, 1.54) is 36.4 Å². The third kappa shape index (κ3) is 15.8. The van der Waals surface area contributed by atoms with Gasteiger partial charge >= 0.3 is 18.2 Å². The van der Waals surface area contributed by atoms with Crippen molar-refractivity contribution in [3.05, 3.63) is 113 Å². The van der Waals surface area contributed by atoms with Gasteiger partial charge in [0.25, 0.3) is 17.7 Å². The SMILES string of the molecule is CN1CCN(C(=O)Oc2cc3c(c4ccccc24)[C@H](CCl)CC3C(=O)c2cc3cc(NC(=O)c4ccc(NC(=O)[C@H](CCCNC(N)=O)NC(=O)[C@H](CCCNC(N)=O)NCCNC(=O)CCCN5C(=O)C=CC5=O)cc4)ccc3[nH]2)CC1. The molecule has 3 aliphatic rings. The number of rotatable bonds is 26. The second-order valence-electron chi connectivity index (χ2n) is 20.6. The van der Waals surface area contributed by atoms with Crippen molar-refractivity contribution in [1.29, 1.82) is 0 Å². The first kappa shape index (κ1) is 60.2. The predicted octanol–water partition coefficient (Wildman–Crippen LogP) is 4.11. The fourth-order valence-electron chi connectivity index (χ4n) is 10.4. The van der Waals surface area contributed by atoms with E-state index in [1.54, 1.807) is 29.2 Å². The highest BCUT2D eigenvalue weighted by Gasteiger charge is 2.39. The first-order chi connectivity index (χ1) is 40.0. The van der Waals surface area contributed by atoms with Crippen molar-refractivity contribution in [2.45, 2.75) is 68.9 Å². The van der Waals surface area contributed by atoms with Crippen LogP contribution in [-0.4, -0.2) is 163 Å². The van der Waals surface area contributed by atoms with Gasteiger partial charge in [-0.2, -0.15) is 0 Å². The maximum atomic E-state index is 14.5. The molecule has 1 saturated heterocycles. The Morgan fingerprint density at radius 1 is 0.723 bits per heavy atom. The van der Waals surface area contributed by atoms with Crippen molar-refractivity contribution in [2.75, 3.05) is 82.5 Å². The van der Waals surface area contributed by atoms with Gasteiger partial charge in [0.2, 0.25) is 17.7 Å². The van der Waals surface area contributed by atoms with Gasteiger partial charge in [-0.15, -0.1) is 11.6 Å². The average Bonchev–Trinajstić information content (AvgIpc) is 3.12. The fourth-order valence-corrected chi connectivity index (χ4v) is 10.7. The standard InChI is InChI=1S/C58H68ClN13O11/c1-70-25-27-71(28-26-70)58(82)83-47-32-41-42(30-36(33-59)51(41)40-8-3-2-7-39(40)47)52(76)46-31-35-29-38(16-17-43(35)68-46)67-53(77)34-12-14-37(15-13-34)66-55(79)45(10-5-21-65-57(61)81)69-54(78)44(9-4-20-64-56(60)80)62-22-23-63-48(73)11-6-24-72-49(74)18-19-50(72)75/h2-3,7-8,12-19,29,31-32,36,42,44-45,62,68H,4-6,9-11,20-28,30,33H2,1H3,(H,63,73)(H,66,79)(H,67,77)(H,69,78)(H3,60,64,80)(H3,61,65,81)/t36-,42?,44-,45-/m0/s1. The van der Waals surface area contributed by atoms with Crippen LogP contribution >= 0.6 is 11.6 Å². The van der Waals surface area contributed by atoms with Gasteiger partial charge in [-0.3, -0.25) is 38.5 Å². The average molecular weight is 1160 g/mol. The van der Waals surface area contributed by atoms with Gasteiger partial charge in [-0.1, -0.05) is 24.3 Å². The molecule has 8 rings (SSSR count). The molecule has 438 valence electrons. The Bertz CT molecular complexity index is 3290. The first-order valence-corrected chi connectivity index (χ1v) is 28.1. The van der Waals surface area contributed by atoms with Crippen molar-refractivity contribution in [3.63, 3.8) is 0 Å². The largest absolute Gasteiger partial charge is 0.415 e. The zero-order valence-corrected chi connectivity index (χ0v) is 46.6. The first-order valence-electron chi connectivity index (χ1n) is 27.5. The number of piperazine rings is 1. The Morgan fingerprint density at radius 2 is 1.39 bits per heavy atom. The van der Waals surface area contributed by atoms with Crippen molar-refractivity contribution in [1.82, 2.24) is 46.3 Å². The number of amides is 11. The number of likely N-dealkylation sites (N-methyl/N-ethyl adjacent to an activating group) is 1. The predicted molar refractivity (Wildman–Crippen MR) is 311 cm³/mol. The minimum Gasteiger partial charge on any atom is -0.410 e. The van der Waals surface area contributed by atoms with Crippen molar-refractivity contribution < 1.29 is 52.7 Å². The van der Waals surface area contributed by atoms with E-state index in [0.717, 1.165) is 39.9 Å². The normalized spacial score (nSPS) is 16.5. The molecule has 4 atom stereocenters. The smallest absolute Gasteiger partial charge is 0.410 e. The molecule has 1 aliphatic carbocycles. The third-order valence-electron chi connectivity index (χ3n) is 14.8. The highest BCUT2D eigenvalue weighted by atomic mass is 35.5. The van der Waals surface area contributed by atoms with Crippen LogP contribution in [0.25, 0.3) is 21.7 Å². The fraction of sp³-hybridized carbons (Fsp3) is 0.379. The second kappa shape index (κ2) is 28.2. The summed E-state index contributed by atoms with van der Waals surface area (Å²) in [5, 5.41) is 21.5. The summed E-state index contributed by atoms with van der Waals surface area (Å²) in [6.07, 6.45) is 3.50. The number of ether oxygens (including phenoxy) is 1. The van der Waals surface area contributed by atoms with E-state index < -0.39 is 65.7 Å². The highest BCUT2D eigenvalue weighted by molar-refractivity contribution is 6.19. The number of carbonyl (C=O) groups is 10. The number of urea groups is 2. The van der Waals surface area contributed by atoms with E-state index in [0.29, 0.717) is 65.5 Å². The summed E-state index contributed by atoms with van der Waals surface area (Å²) in [6.45, 7) is 3.16. The van der Waals surface area contributed by atoms with E-state index in [9.17, 15) is 47.9 Å². The Labute approximate surface area is 483 Å². The van der Waals surface area contributed by atoms with E-state index in [2.05, 4.69) is 47.1 Å². The number of halogens is 1. The van der Waals surface area contributed by atoms with E-state index in [1.807, 2.05) is 37.4 Å². The molecule has 0 bridgehead atoms. The minimum atomic E-state index is -1.12. The van der Waals surface area contributed by atoms with E-state index >= 15 is 0 Å². The zero-order chi connectivity index (χ0) is 59.2. The quantitative estimate of drug-likeness (QED) is 0.0162. The van der Waals surface area contributed by atoms with Gasteiger partial charge in [0, 0.05) is 123 Å². The number of Topliss-reactive ketones (excluding diaryl/α,β-unsaturated/α-hetero) is 1. The number of nitrogens with zero attached hydrogens (tertiary/aromatic N) is 3. The van der Waals surface area contributed by atoms with Gasteiger partial charge < -0.3 is 68.2 Å². The number of benzene rings is 4. The molecule has 25 heteroatoms. The summed E-state index contributed by atoms with van der Waals surface area (Å²) in [4.78, 5) is 136. The summed E-state index contributed by atoms with van der Waals surface area (Å²) in [6, 6.07) is 19.0. The van der Waals surface area contributed by atoms with Gasteiger partial charge in [0.1, 0.15) is 11.8 Å². The van der Waals surface area contributed by atoms with Crippen molar-refractivity contribution in [2.24, 2.45) is 11.5 Å². The van der Waals surface area contributed by atoms with Crippen LogP contribution in [-0.2, 0) is 24.0 Å². The molecule has 24 nitrogen and oxygen atoms in total. The Hall–Kier alpha value is -8.87. The number of H-pyrrole nitrogens is 1. The Morgan fingerprint density at radius 3 is 2.06 bits per heavy atom. The summed E-state index contributed by atoms with van der Waals surface area (Å²) in [5.74, 6) is -3.00. The topological polar surface area (TPSA) is 342 Å². The number of alkyl halides is 1. The summed E-state index contributed by atoms with van der Waals surface area (Å²) < 4.78 is 6.08. The van der Waals surface area contributed by atoms with Crippen LogP contribution in [0.15, 0.2) is 91.0 Å². The maximum absolute atomic E-state index is 14.5. The number of imide groups is 1. The number of primary amides is 2. The number of fused-ring (bicyclic) bond motifs is 4. The van der Waals surface area contributed by atoms with Crippen LogP contribution < -0.4 is 53.4 Å². The molecule has 0 spiro atoms. The summed E-state index contributed by atoms with van der Waals surface area (Å²) in [7, 11) is 2.01. The molecule has 1 unspecified atom stereocenters. The second-order valence-corrected chi connectivity index (χ2v) is 20.9. The number of hydrogen-bond donors (Lipinski definition) is 10. The lowest BCUT2D eigenvalue weighted by molar-refractivity contribution is -0.137. The van der Waals surface area contributed by atoms with Crippen LogP contribution in [0.5, 0.6) is 5.75 Å². The van der Waals surface area contributed by atoms with Crippen LogP contribution in [0.4, 0.5) is 25.8 Å². The molecule has 2 aliphatic heterocycles. The van der Waals surface area contributed by atoms with Crippen LogP contribution in [0.3, 0.4) is 0 Å². The lowest BCUT2D eigenvalue weighted by Gasteiger charge is -2.31. The van der Waals surface area contributed by atoms with Crippen molar-refractivity contribution >= 4 is 104 Å². The van der Waals surface area contributed by atoms with Gasteiger partial charge in [0.05, 0.1) is 11.7 Å². The zero-order valence-electron chi connectivity index (χ0n) is 45.9. The molecule has 0 saturated carbocycles. The molecule has 1 fully saturated rings.